The number of carbonyl (C=O) groups is 1. The highest BCUT2D eigenvalue weighted by molar-refractivity contribution is 6.42. The Bertz CT molecular complexity index is 888. The van der Waals surface area contributed by atoms with E-state index in [1.807, 2.05) is 31.2 Å². The Morgan fingerprint density at radius 2 is 1.78 bits per heavy atom. The first-order valence-electron chi connectivity index (χ1n) is 6.75. The summed E-state index contributed by atoms with van der Waals surface area (Å²) < 4.78 is 1.52. The topological polar surface area (TPSA) is 73.8 Å². The molecule has 1 amide bonds. The molecule has 0 saturated heterocycles. The van der Waals surface area contributed by atoms with E-state index in [1.54, 1.807) is 18.2 Å². The average molecular weight is 347 g/mol. The summed E-state index contributed by atoms with van der Waals surface area (Å²) in [5.41, 5.74) is 7.86. The molecule has 0 aliphatic rings. The van der Waals surface area contributed by atoms with E-state index in [-0.39, 0.29) is 5.82 Å². The molecule has 3 aromatic rings. The number of benzene rings is 2. The van der Waals surface area contributed by atoms with Gasteiger partial charge in [0.05, 0.1) is 15.7 Å². The highest BCUT2D eigenvalue weighted by atomic mass is 35.5. The minimum atomic E-state index is -0.697. The summed E-state index contributed by atoms with van der Waals surface area (Å²) in [5, 5.41) is 5.00. The highest BCUT2D eigenvalue weighted by Crippen LogP contribution is 2.27. The first-order valence-corrected chi connectivity index (χ1v) is 7.50. The summed E-state index contributed by atoms with van der Waals surface area (Å²) in [7, 11) is 0. The van der Waals surface area contributed by atoms with Crippen LogP contribution in [0.1, 0.15) is 16.2 Å². The Labute approximate surface area is 142 Å². The van der Waals surface area contributed by atoms with Crippen molar-refractivity contribution in [3.63, 3.8) is 0 Å². The molecule has 5 nitrogen and oxygen atoms in total. The third kappa shape index (κ3) is 3.06. The van der Waals surface area contributed by atoms with Crippen LogP contribution >= 0.6 is 23.2 Å². The molecule has 0 aliphatic heterocycles. The molecule has 3 rings (SSSR count). The summed E-state index contributed by atoms with van der Waals surface area (Å²) >= 11 is 12.0. The van der Waals surface area contributed by atoms with E-state index in [0.717, 1.165) is 11.1 Å². The summed E-state index contributed by atoms with van der Waals surface area (Å²) in [6.07, 6.45) is 0. The van der Waals surface area contributed by atoms with Crippen LogP contribution in [0.2, 0.25) is 10.0 Å². The minimum absolute atomic E-state index is 0.0633. The molecular formula is C16H12Cl2N4O. The molecular weight excluding hydrogens is 335 g/mol. The lowest BCUT2D eigenvalue weighted by atomic mass is 10.1. The number of nitrogens with zero attached hydrogens (tertiary/aromatic N) is 3. The van der Waals surface area contributed by atoms with Crippen LogP contribution in [0.5, 0.6) is 0 Å². The molecule has 116 valence electrons. The third-order valence-corrected chi connectivity index (χ3v) is 4.02. The smallest absolute Gasteiger partial charge is 0.288 e. The van der Waals surface area contributed by atoms with E-state index < -0.39 is 5.91 Å². The van der Waals surface area contributed by atoms with Crippen molar-refractivity contribution in [1.29, 1.82) is 0 Å². The number of hydrogen-bond donors (Lipinski definition) is 1. The molecule has 0 unspecified atom stereocenters. The van der Waals surface area contributed by atoms with Gasteiger partial charge in [0, 0.05) is 5.56 Å². The molecule has 0 fully saturated rings. The first kappa shape index (κ1) is 15.5. The Kier molecular flexibility index (Phi) is 4.07. The maximum atomic E-state index is 11.4. The number of rotatable bonds is 3. The summed E-state index contributed by atoms with van der Waals surface area (Å²) in [6, 6.07) is 12.8. The lowest BCUT2D eigenvalue weighted by Gasteiger charge is -2.07. The Hall–Kier alpha value is -2.37. The van der Waals surface area contributed by atoms with Gasteiger partial charge in [0.25, 0.3) is 5.91 Å². The molecule has 23 heavy (non-hydrogen) atoms. The second-order valence-corrected chi connectivity index (χ2v) is 5.81. The van der Waals surface area contributed by atoms with Gasteiger partial charge in [0.1, 0.15) is 0 Å². The molecule has 1 aromatic heterocycles. The zero-order valence-electron chi connectivity index (χ0n) is 12.1. The number of primary amides is 1. The van der Waals surface area contributed by atoms with E-state index >= 15 is 0 Å². The number of aryl methyl sites for hydroxylation is 1. The van der Waals surface area contributed by atoms with Crippen molar-refractivity contribution < 1.29 is 4.79 Å². The molecule has 0 saturated carbocycles. The number of aromatic nitrogens is 3. The van der Waals surface area contributed by atoms with Gasteiger partial charge in [0.15, 0.2) is 5.82 Å². The van der Waals surface area contributed by atoms with Crippen LogP contribution in [0.25, 0.3) is 17.1 Å². The van der Waals surface area contributed by atoms with Gasteiger partial charge in [-0.25, -0.2) is 9.67 Å². The molecule has 7 heteroatoms. The van der Waals surface area contributed by atoms with Gasteiger partial charge in [-0.15, -0.1) is 5.10 Å². The maximum absolute atomic E-state index is 11.4. The van der Waals surface area contributed by atoms with Crippen molar-refractivity contribution in [2.75, 3.05) is 0 Å². The minimum Gasteiger partial charge on any atom is -0.363 e. The van der Waals surface area contributed by atoms with Crippen LogP contribution in [0.4, 0.5) is 0 Å². The molecule has 0 bridgehead atoms. The Morgan fingerprint density at radius 1 is 1.09 bits per heavy atom. The fraction of sp³-hybridized carbons (Fsp3) is 0.0625. The molecule has 0 aliphatic carbocycles. The predicted molar refractivity (Wildman–Crippen MR) is 90.1 cm³/mol. The molecule has 2 N–H and O–H groups in total. The second-order valence-electron chi connectivity index (χ2n) is 5.00. The van der Waals surface area contributed by atoms with Gasteiger partial charge in [-0.3, -0.25) is 4.79 Å². The van der Waals surface area contributed by atoms with E-state index in [4.69, 9.17) is 28.9 Å². The zero-order valence-corrected chi connectivity index (χ0v) is 13.6. The van der Waals surface area contributed by atoms with Crippen LogP contribution in [0, 0.1) is 6.92 Å². The van der Waals surface area contributed by atoms with Gasteiger partial charge in [-0.05, 0) is 25.1 Å². The van der Waals surface area contributed by atoms with Gasteiger partial charge >= 0.3 is 0 Å². The normalized spacial score (nSPS) is 10.7. The van der Waals surface area contributed by atoms with Gasteiger partial charge in [-0.2, -0.15) is 0 Å². The van der Waals surface area contributed by atoms with Crippen molar-refractivity contribution >= 4 is 29.1 Å². The standard InChI is InChI=1S/C16H12Cl2N4O/c1-9-2-4-10(5-3-9)16-20-15(14(19)23)21-22(16)11-6-7-12(17)13(18)8-11/h2-8H,1H3,(H2,19,23). The number of carbonyl (C=O) groups excluding carboxylic acids is 1. The van der Waals surface area contributed by atoms with Crippen LogP contribution in [0.15, 0.2) is 42.5 Å². The number of hydrogen-bond acceptors (Lipinski definition) is 3. The summed E-state index contributed by atoms with van der Waals surface area (Å²) in [6.45, 7) is 1.99. The van der Waals surface area contributed by atoms with Gasteiger partial charge < -0.3 is 5.73 Å². The van der Waals surface area contributed by atoms with E-state index in [2.05, 4.69) is 10.1 Å². The van der Waals surface area contributed by atoms with Crippen molar-refractivity contribution in [3.05, 3.63) is 63.9 Å². The van der Waals surface area contributed by atoms with Crippen molar-refractivity contribution in [1.82, 2.24) is 14.8 Å². The lowest BCUT2D eigenvalue weighted by molar-refractivity contribution is 0.0990. The van der Waals surface area contributed by atoms with Crippen LogP contribution in [0.3, 0.4) is 0 Å². The quantitative estimate of drug-likeness (QED) is 0.786. The van der Waals surface area contributed by atoms with Gasteiger partial charge in [-0.1, -0.05) is 53.0 Å². The Balaban J connectivity index is 2.20. The monoisotopic (exact) mass is 346 g/mol. The fourth-order valence-electron chi connectivity index (χ4n) is 2.10. The van der Waals surface area contributed by atoms with Crippen LogP contribution < -0.4 is 5.73 Å². The van der Waals surface area contributed by atoms with Crippen molar-refractivity contribution in [3.8, 4) is 17.1 Å². The van der Waals surface area contributed by atoms with Crippen molar-refractivity contribution in [2.45, 2.75) is 6.92 Å². The average Bonchev–Trinajstić information content (AvgIpc) is 2.96. The van der Waals surface area contributed by atoms with E-state index in [1.165, 1.54) is 4.68 Å². The largest absolute Gasteiger partial charge is 0.363 e. The maximum Gasteiger partial charge on any atom is 0.288 e. The van der Waals surface area contributed by atoms with Crippen LogP contribution in [-0.2, 0) is 0 Å². The number of nitrogens with two attached hydrogens (primary N) is 1. The molecule has 2 aromatic carbocycles. The summed E-state index contributed by atoms with van der Waals surface area (Å²) in [5.74, 6) is -0.263. The number of halogens is 2. The van der Waals surface area contributed by atoms with Crippen LogP contribution in [-0.4, -0.2) is 20.7 Å². The summed E-state index contributed by atoms with van der Waals surface area (Å²) in [4.78, 5) is 15.7. The van der Waals surface area contributed by atoms with Gasteiger partial charge in [0.2, 0.25) is 5.82 Å². The predicted octanol–water partition coefficient (Wildman–Crippen LogP) is 3.65. The third-order valence-electron chi connectivity index (χ3n) is 3.29. The number of amides is 1. The molecule has 0 radical (unpaired) electrons. The van der Waals surface area contributed by atoms with Crippen molar-refractivity contribution in [2.24, 2.45) is 5.73 Å². The first-order chi connectivity index (χ1) is 11.0. The second kappa shape index (κ2) is 6.02. The fourth-order valence-corrected chi connectivity index (χ4v) is 2.40. The lowest BCUT2D eigenvalue weighted by Crippen LogP contribution is -2.13. The zero-order chi connectivity index (χ0) is 16.6. The highest BCUT2D eigenvalue weighted by Gasteiger charge is 2.17. The molecule has 0 atom stereocenters. The van der Waals surface area contributed by atoms with E-state index in [9.17, 15) is 4.79 Å². The molecule has 0 spiro atoms. The Morgan fingerprint density at radius 3 is 2.39 bits per heavy atom. The SMILES string of the molecule is Cc1ccc(-c2nc(C(N)=O)nn2-c2ccc(Cl)c(Cl)c2)cc1. The van der Waals surface area contributed by atoms with E-state index in [0.29, 0.717) is 21.6 Å². The molecule has 1 heterocycles.